The third-order valence-corrected chi connectivity index (χ3v) is 4.52. The normalized spacial score (nSPS) is 12.1. The number of primary amides is 1. The van der Waals surface area contributed by atoms with Crippen LogP contribution in [0.1, 0.15) is 15.9 Å². The van der Waals surface area contributed by atoms with Crippen molar-refractivity contribution in [3.63, 3.8) is 0 Å². The second-order valence-corrected chi connectivity index (χ2v) is 6.32. The van der Waals surface area contributed by atoms with Gasteiger partial charge in [-0.2, -0.15) is 0 Å². The Kier molecular flexibility index (Phi) is 4.50. The van der Waals surface area contributed by atoms with Crippen molar-refractivity contribution in [3.8, 4) is 0 Å². The summed E-state index contributed by atoms with van der Waals surface area (Å²) in [6.07, 6.45) is 0. The molecule has 0 saturated heterocycles. The van der Waals surface area contributed by atoms with Crippen LogP contribution in [0.4, 0.5) is 0 Å². The van der Waals surface area contributed by atoms with Crippen LogP contribution in [0, 0.1) is 0 Å². The van der Waals surface area contributed by atoms with E-state index in [1.807, 2.05) is 24.3 Å². The molecule has 98 valence electrons. The third kappa shape index (κ3) is 3.52. The fraction of sp³-hybridized carbons (Fsp3) is 0.0714. The van der Waals surface area contributed by atoms with Gasteiger partial charge in [0, 0.05) is 4.47 Å². The van der Waals surface area contributed by atoms with Crippen LogP contribution < -0.4 is 5.73 Å². The molecule has 2 aromatic rings. The highest BCUT2D eigenvalue weighted by Crippen LogP contribution is 2.19. The lowest BCUT2D eigenvalue weighted by molar-refractivity contribution is 0.0997. The van der Waals surface area contributed by atoms with E-state index in [9.17, 15) is 9.00 Å². The van der Waals surface area contributed by atoms with Crippen molar-refractivity contribution in [3.05, 3.63) is 64.1 Å². The quantitative estimate of drug-likeness (QED) is 0.932. The lowest BCUT2D eigenvalue weighted by Crippen LogP contribution is -2.14. The van der Waals surface area contributed by atoms with Gasteiger partial charge in [-0.25, -0.2) is 0 Å². The average Bonchev–Trinajstić information content (AvgIpc) is 2.38. The van der Waals surface area contributed by atoms with Crippen LogP contribution in [0.25, 0.3) is 0 Å². The number of amides is 1. The molecule has 19 heavy (non-hydrogen) atoms. The Hall–Kier alpha value is -1.46. The van der Waals surface area contributed by atoms with Crippen LogP contribution in [0.2, 0.25) is 0 Å². The van der Waals surface area contributed by atoms with Gasteiger partial charge in [0.2, 0.25) is 5.91 Å². The van der Waals surface area contributed by atoms with Gasteiger partial charge in [-0.15, -0.1) is 0 Å². The zero-order valence-corrected chi connectivity index (χ0v) is 12.4. The lowest BCUT2D eigenvalue weighted by atomic mass is 10.2. The van der Waals surface area contributed by atoms with E-state index < -0.39 is 16.7 Å². The van der Waals surface area contributed by atoms with Crippen LogP contribution in [0.5, 0.6) is 0 Å². The Morgan fingerprint density at radius 3 is 2.58 bits per heavy atom. The predicted octanol–water partition coefficient (Wildman–Crippen LogP) is 2.86. The number of hydrogen-bond acceptors (Lipinski definition) is 2. The topological polar surface area (TPSA) is 60.2 Å². The minimum Gasteiger partial charge on any atom is -0.366 e. The zero-order valence-electron chi connectivity index (χ0n) is 10.0. The number of carbonyl (C=O) groups is 1. The Bertz CT molecular complexity index is 643. The average molecular weight is 338 g/mol. The van der Waals surface area contributed by atoms with Gasteiger partial charge in [-0.05, 0) is 29.8 Å². The Morgan fingerprint density at radius 1 is 1.16 bits per heavy atom. The molecule has 2 N–H and O–H groups in total. The molecule has 3 nitrogen and oxygen atoms in total. The zero-order chi connectivity index (χ0) is 13.8. The second kappa shape index (κ2) is 6.12. The molecule has 2 aromatic carbocycles. The van der Waals surface area contributed by atoms with E-state index in [2.05, 4.69) is 15.9 Å². The molecule has 0 radical (unpaired) electrons. The largest absolute Gasteiger partial charge is 0.366 e. The Morgan fingerprint density at radius 2 is 1.89 bits per heavy atom. The summed E-state index contributed by atoms with van der Waals surface area (Å²) in [5.41, 5.74) is 6.54. The lowest BCUT2D eigenvalue weighted by Gasteiger charge is -2.07. The van der Waals surface area contributed by atoms with Crippen LogP contribution in [0.15, 0.2) is 57.9 Å². The molecular weight excluding hydrogens is 326 g/mol. The van der Waals surface area contributed by atoms with Crippen molar-refractivity contribution in [2.75, 3.05) is 0 Å². The van der Waals surface area contributed by atoms with Gasteiger partial charge >= 0.3 is 0 Å². The standard InChI is InChI=1S/C14H12BrNO2S/c15-11-5-3-4-10(8-11)9-19(18)13-7-2-1-6-12(13)14(16)17/h1-8H,9H2,(H2,16,17). The van der Waals surface area contributed by atoms with Crippen molar-refractivity contribution in [1.29, 1.82) is 0 Å². The molecule has 5 heteroatoms. The molecule has 0 aromatic heterocycles. The SMILES string of the molecule is NC(=O)c1ccccc1S(=O)Cc1cccc(Br)c1. The molecule has 0 aliphatic rings. The molecule has 0 saturated carbocycles. The van der Waals surface area contributed by atoms with Gasteiger partial charge in [0.15, 0.2) is 0 Å². The molecule has 2 rings (SSSR count). The Balaban J connectivity index is 2.28. The van der Waals surface area contributed by atoms with E-state index in [0.717, 1.165) is 10.0 Å². The second-order valence-electron chi connectivity index (χ2n) is 3.98. The molecule has 1 amide bonds. The van der Waals surface area contributed by atoms with Gasteiger partial charge in [0.1, 0.15) is 0 Å². The van der Waals surface area contributed by atoms with E-state index in [1.165, 1.54) is 0 Å². The van der Waals surface area contributed by atoms with Crippen molar-refractivity contribution >= 4 is 32.6 Å². The maximum absolute atomic E-state index is 12.3. The molecule has 0 spiro atoms. The first-order valence-corrected chi connectivity index (χ1v) is 7.71. The monoisotopic (exact) mass is 337 g/mol. The molecule has 0 heterocycles. The highest BCUT2D eigenvalue weighted by atomic mass is 79.9. The summed E-state index contributed by atoms with van der Waals surface area (Å²) in [5, 5.41) is 0. The van der Waals surface area contributed by atoms with E-state index in [0.29, 0.717) is 16.2 Å². The fourth-order valence-corrected chi connectivity index (χ4v) is 3.45. The van der Waals surface area contributed by atoms with Gasteiger partial charge in [0.05, 0.1) is 27.0 Å². The Labute approximate surface area is 122 Å². The molecular formula is C14H12BrNO2S. The number of carbonyl (C=O) groups excluding carboxylic acids is 1. The number of halogens is 1. The van der Waals surface area contributed by atoms with E-state index in [1.54, 1.807) is 24.3 Å². The molecule has 0 bridgehead atoms. The summed E-state index contributed by atoms with van der Waals surface area (Å²) in [6.45, 7) is 0. The third-order valence-electron chi connectivity index (χ3n) is 2.58. The summed E-state index contributed by atoms with van der Waals surface area (Å²) in [5.74, 6) is -0.206. The van der Waals surface area contributed by atoms with Gasteiger partial charge in [-0.3, -0.25) is 9.00 Å². The first-order chi connectivity index (χ1) is 9.08. The van der Waals surface area contributed by atoms with Crippen LogP contribution >= 0.6 is 15.9 Å². The fourth-order valence-electron chi connectivity index (χ4n) is 1.72. The highest BCUT2D eigenvalue weighted by molar-refractivity contribution is 9.10. The van der Waals surface area contributed by atoms with E-state index in [-0.39, 0.29) is 0 Å². The number of rotatable bonds is 4. The summed E-state index contributed by atoms with van der Waals surface area (Å²) in [7, 11) is -1.30. The molecule has 0 fully saturated rings. The smallest absolute Gasteiger partial charge is 0.249 e. The van der Waals surface area contributed by atoms with Crippen LogP contribution in [-0.2, 0) is 16.6 Å². The summed E-state index contributed by atoms with van der Waals surface area (Å²) in [4.78, 5) is 11.8. The number of nitrogens with two attached hydrogens (primary N) is 1. The first kappa shape index (κ1) is 14.0. The maximum atomic E-state index is 12.3. The summed E-state index contributed by atoms with van der Waals surface area (Å²) in [6, 6.07) is 14.3. The van der Waals surface area contributed by atoms with Crippen molar-refractivity contribution in [2.45, 2.75) is 10.6 Å². The van der Waals surface area contributed by atoms with Gasteiger partial charge < -0.3 is 5.73 Å². The minimum absolute atomic E-state index is 0.316. The van der Waals surface area contributed by atoms with Crippen molar-refractivity contribution < 1.29 is 9.00 Å². The number of benzene rings is 2. The van der Waals surface area contributed by atoms with E-state index in [4.69, 9.17) is 5.73 Å². The summed E-state index contributed by atoms with van der Waals surface area (Å²) >= 11 is 3.37. The molecule has 0 aliphatic carbocycles. The molecule has 1 atom stereocenters. The van der Waals surface area contributed by atoms with E-state index >= 15 is 0 Å². The number of hydrogen-bond donors (Lipinski definition) is 1. The van der Waals surface area contributed by atoms with Crippen LogP contribution in [0.3, 0.4) is 0 Å². The van der Waals surface area contributed by atoms with Gasteiger partial charge in [-0.1, -0.05) is 40.2 Å². The van der Waals surface area contributed by atoms with Gasteiger partial charge in [0.25, 0.3) is 0 Å². The van der Waals surface area contributed by atoms with Crippen molar-refractivity contribution in [1.82, 2.24) is 0 Å². The highest BCUT2D eigenvalue weighted by Gasteiger charge is 2.13. The van der Waals surface area contributed by atoms with Crippen LogP contribution in [-0.4, -0.2) is 10.1 Å². The molecule has 0 aliphatic heterocycles. The minimum atomic E-state index is -1.30. The summed E-state index contributed by atoms with van der Waals surface area (Å²) < 4.78 is 13.3. The molecule has 1 unspecified atom stereocenters. The first-order valence-electron chi connectivity index (χ1n) is 5.59. The van der Waals surface area contributed by atoms with Crippen molar-refractivity contribution in [2.24, 2.45) is 5.73 Å². The predicted molar refractivity (Wildman–Crippen MR) is 79.2 cm³/mol. The maximum Gasteiger partial charge on any atom is 0.249 e.